The predicted molar refractivity (Wildman–Crippen MR) is 85.1 cm³/mol. The van der Waals surface area contributed by atoms with E-state index in [2.05, 4.69) is 44.8 Å². The fourth-order valence-corrected chi connectivity index (χ4v) is 4.05. The molecule has 2 atom stereocenters. The van der Waals surface area contributed by atoms with E-state index in [1.54, 1.807) is 0 Å². The Morgan fingerprint density at radius 1 is 1.25 bits per heavy atom. The van der Waals surface area contributed by atoms with E-state index in [0.29, 0.717) is 17.5 Å². The third-order valence-corrected chi connectivity index (χ3v) is 5.09. The molecule has 1 aliphatic heterocycles. The molecule has 1 heterocycles. The highest BCUT2D eigenvalue weighted by atomic mass is 16.5. The molecule has 3 heteroatoms. The van der Waals surface area contributed by atoms with E-state index in [1.165, 1.54) is 25.7 Å². The second-order valence-electron chi connectivity index (χ2n) is 7.96. The Labute approximate surface area is 125 Å². The molecule has 0 amide bonds. The van der Waals surface area contributed by atoms with Crippen molar-refractivity contribution >= 4 is 0 Å². The van der Waals surface area contributed by atoms with Crippen LogP contribution in [0.5, 0.6) is 0 Å². The molecule has 1 saturated heterocycles. The zero-order chi connectivity index (χ0) is 14.8. The van der Waals surface area contributed by atoms with Crippen LogP contribution in [0.2, 0.25) is 0 Å². The number of hydrogen-bond donors (Lipinski definition) is 1. The van der Waals surface area contributed by atoms with E-state index in [0.717, 1.165) is 26.2 Å². The van der Waals surface area contributed by atoms with Crippen molar-refractivity contribution < 1.29 is 4.74 Å². The number of hydrogen-bond acceptors (Lipinski definition) is 3. The summed E-state index contributed by atoms with van der Waals surface area (Å²) in [7, 11) is 0. The van der Waals surface area contributed by atoms with Crippen LogP contribution >= 0.6 is 0 Å². The molecule has 1 aliphatic carbocycles. The zero-order valence-electron chi connectivity index (χ0n) is 14.2. The highest BCUT2D eigenvalue weighted by Gasteiger charge is 2.43. The summed E-state index contributed by atoms with van der Waals surface area (Å²) in [6.45, 7) is 15.8. The second kappa shape index (κ2) is 6.33. The van der Waals surface area contributed by atoms with Gasteiger partial charge < -0.3 is 10.1 Å². The average Bonchev–Trinajstić information content (AvgIpc) is 2.35. The van der Waals surface area contributed by atoms with Crippen LogP contribution in [-0.4, -0.2) is 48.8 Å². The molecule has 0 radical (unpaired) electrons. The van der Waals surface area contributed by atoms with Crippen molar-refractivity contribution in [2.24, 2.45) is 5.41 Å². The molecule has 1 saturated carbocycles. The van der Waals surface area contributed by atoms with Gasteiger partial charge in [-0.05, 0) is 45.1 Å². The van der Waals surface area contributed by atoms with Crippen LogP contribution < -0.4 is 5.32 Å². The fourth-order valence-electron chi connectivity index (χ4n) is 4.05. The standard InChI is InChI=1S/C17H34N2O/c1-6-10-18-15-14(8-7-9-16(15,2)3)19-11-12-20-17(4,5)13-19/h14-15,18H,6-13H2,1-5H3. The van der Waals surface area contributed by atoms with E-state index >= 15 is 0 Å². The van der Waals surface area contributed by atoms with E-state index in [1.807, 2.05) is 0 Å². The summed E-state index contributed by atoms with van der Waals surface area (Å²) in [6.07, 6.45) is 5.26. The minimum absolute atomic E-state index is 0.00907. The van der Waals surface area contributed by atoms with Crippen molar-refractivity contribution in [3.05, 3.63) is 0 Å². The van der Waals surface area contributed by atoms with Gasteiger partial charge in [-0.2, -0.15) is 0 Å². The van der Waals surface area contributed by atoms with E-state index in [9.17, 15) is 0 Å². The Morgan fingerprint density at radius 3 is 2.65 bits per heavy atom. The summed E-state index contributed by atoms with van der Waals surface area (Å²) in [5.74, 6) is 0. The topological polar surface area (TPSA) is 24.5 Å². The molecule has 0 bridgehead atoms. The molecule has 0 aromatic carbocycles. The van der Waals surface area contributed by atoms with Crippen LogP contribution in [0.4, 0.5) is 0 Å². The summed E-state index contributed by atoms with van der Waals surface area (Å²) in [4.78, 5) is 2.69. The van der Waals surface area contributed by atoms with Gasteiger partial charge in [-0.3, -0.25) is 4.90 Å². The van der Waals surface area contributed by atoms with Gasteiger partial charge in [-0.15, -0.1) is 0 Å². The Balaban J connectivity index is 2.09. The molecule has 0 aromatic rings. The van der Waals surface area contributed by atoms with Crippen molar-refractivity contribution in [2.45, 2.75) is 78.0 Å². The highest BCUT2D eigenvalue weighted by Crippen LogP contribution is 2.38. The molecule has 2 unspecified atom stereocenters. The summed E-state index contributed by atoms with van der Waals surface area (Å²) in [5, 5.41) is 3.85. The summed E-state index contributed by atoms with van der Waals surface area (Å²) >= 11 is 0. The molecule has 2 aliphatic rings. The van der Waals surface area contributed by atoms with Gasteiger partial charge in [0.25, 0.3) is 0 Å². The predicted octanol–water partition coefficient (Wildman–Crippen LogP) is 3.04. The van der Waals surface area contributed by atoms with Gasteiger partial charge in [0.2, 0.25) is 0 Å². The summed E-state index contributed by atoms with van der Waals surface area (Å²) < 4.78 is 5.89. The van der Waals surface area contributed by atoms with Gasteiger partial charge in [-0.1, -0.05) is 27.2 Å². The number of nitrogens with one attached hydrogen (secondary N) is 1. The normalized spacial score (nSPS) is 34.0. The lowest BCUT2D eigenvalue weighted by molar-refractivity contribution is -0.110. The van der Waals surface area contributed by atoms with E-state index < -0.39 is 0 Å². The molecular formula is C17H34N2O. The van der Waals surface area contributed by atoms with Gasteiger partial charge >= 0.3 is 0 Å². The molecule has 1 N–H and O–H groups in total. The first-order chi connectivity index (χ1) is 9.36. The molecule has 20 heavy (non-hydrogen) atoms. The van der Waals surface area contributed by atoms with Crippen molar-refractivity contribution in [1.82, 2.24) is 10.2 Å². The van der Waals surface area contributed by atoms with Crippen LogP contribution in [0.25, 0.3) is 0 Å². The number of rotatable bonds is 4. The molecule has 2 fully saturated rings. The van der Waals surface area contributed by atoms with Crippen molar-refractivity contribution in [3.8, 4) is 0 Å². The van der Waals surface area contributed by atoms with Gasteiger partial charge in [0, 0.05) is 25.2 Å². The van der Waals surface area contributed by atoms with Crippen LogP contribution in [0.1, 0.15) is 60.3 Å². The number of morpholine rings is 1. The van der Waals surface area contributed by atoms with Crippen LogP contribution in [-0.2, 0) is 4.74 Å². The molecule has 118 valence electrons. The van der Waals surface area contributed by atoms with Gasteiger partial charge in [0.05, 0.1) is 12.2 Å². The van der Waals surface area contributed by atoms with Crippen molar-refractivity contribution in [2.75, 3.05) is 26.2 Å². The summed E-state index contributed by atoms with van der Waals surface area (Å²) in [5.41, 5.74) is 0.412. The maximum absolute atomic E-state index is 5.89. The largest absolute Gasteiger partial charge is 0.373 e. The monoisotopic (exact) mass is 282 g/mol. The number of nitrogens with zero attached hydrogens (tertiary/aromatic N) is 1. The SMILES string of the molecule is CCCNC1C(N2CCOC(C)(C)C2)CCCC1(C)C. The minimum atomic E-state index is 0.00907. The first-order valence-corrected chi connectivity index (χ1v) is 8.47. The zero-order valence-corrected chi connectivity index (χ0v) is 14.2. The lowest BCUT2D eigenvalue weighted by atomic mass is 9.70. The van der Waals surface area contributed by atoms with Crippen LogP contribution in [0, 0.1) is 5.41 Å². The third kappa shape index (κ3) is 3.75. The molecular weight excluding hydrogens is 248 g/mol. The fraction of sp³-hybridized carbons (Fsp3) is 1.00. The Bertz CT molecular complexity index is 314. The smallest absolute Gasteiger partial charge is 0.0753 e. The molecule has 2 rings (SSSR count). The van der Waals surface area contributed by atoms with E-state index in [-0.39, 0.29) is 5.60 Å². The third-order valence-electron chi connectivity index (χ3n) is 5.09. The minimum Gasteiger partial charge on any atom is -0.373 e. The Hall–Kier alpha value is -0.120. The number of ether oxygens (including phenoxy) is 1. The molecule has 3 nitrogen and oxygen atoms in total. The van der Waals surface area contributed by atoms with Gasteiger partial charge in [0.1, 0.15) is 0 Å². The lowest BCUT2D eigenvalue weighted by Gasteiger charge is -2.51. The average molecular weight is 282 g/mol. The van der Waals surface area contributed by atoms with Gasteiger partial charge in [0.15, 0.2) is 0 Å². The second-order valence-corrected chi connectivity index (χ2v) is 7.96. The maximum atomic E-state index is 5.89. The first-order valence-electron chi connectivity index (χ1n) is 8.47. The van der Waals surface area contributed by atoms with Crippen LogP contribution in [0.15, 0.2) is 0 Å². The Morgan fingerprint density at radius 2 is 2.00 bits per heavy atom. The Kier molecular flexibility index (Phi) is 5.14. The van der Waals surface area contributed by atoms with Crippen LogP contribution in [0.3, 0.4) is 0 Å². The van der Waals surface area contributed by atoms with E-state index in [4.69, 9.17) is 4.74 Å². The maximum Gasteiger partial charge on any atom is 0.0753 e. The molecule has 0 spiro atoms. The first kappa shape index (κ1) is 16.3. The van der Waals surface area contributed by atoms with Crippen molar-refractivity contribution in [1.29, 1.82) is 0 Å². The summed E-state index contributed by atoms with van der Waals surface area (Å²) in [6, 6.07) is 1.29. The lowest BCUT2D eigenvalue weighted by Crippen LogP contribution is -2.63. The highest BCUT2D eigenvalue weighted by molar-refractivity contribution is 4.99. The van der Waals surface area contributed by atoms with Gasteiger partial charge in [-0.25, -0.2) is 0 Å². The quantitative estimate of drug-likeness (QED) is 0.858. The molecule has 0 aromatic heterocycles. The van der Waals surface area contributed by atoms with Crippen molar-refractivity contribution in [3.63, 3.8) is 0 Å².